The highest BCUT2D eigenvalue weighted by Gasteiger charge is 2.05. The van der Waals surface area contributed by atoms with Gasteiger partial charge in [-0.1, -0.05) is 29.8 Å². The van der Waals surface area contributed by atoms with Crippen LogP contribution in [0.4, 0.5) is 0 Å². The van der Waals surface area contributed by atoms with Gasteiger partial charge in [0.25, 0.3) is 0 Å². The molecule has 0 radical (unpaired) electrons. The van der Waals surface area contributed by atoms with Crippen molar-refractivity contribution in [2.75, 3.05) is 0 Å². The Hall–Kier alpha value is -2.17. The first-order valence-corrected chi connectivity index (χ1v) is 5.83. The molecule has 1 amide bonds. The lowest BCUT2D eigenvalue weighted by Gasteiger charge is -2.03. The van der Waals surface area contributed by atoms with Gasteiger partial charge in [0.1, 0.15) is 5.82 Å². The lowest BCUT2D eigenvalue weighted by atomic mass is 10.1. The standard InChI is InChI=1S/C13H16N4O/c1-9-4-3-5-11(6-9)7-13(18)14-8-12-15-10(2)16-17-12/h3-6H,7-8H2,1-2H3,(H,14,18)(H,15,16,17). The number of nitrogens with zero attached hydrogens (tertiary/aromatic N) is 2. The molecule has 0 saturated heterocycles. The first-order chi connectivity index (χ1) is 8.63. The Morgan fingerprint density at radius 1 is 1.39 bits per heavy atom. The molecule has 2 N–H and O–H groups in total. The van der Waals surface area contributed by atoms with Crippen molar-refractivity contribution in [3.05, 3.63) is 47.0 Å². The second-order valence-corrected chi connectivity index (χ2v) is 4.28. The summed E-state index contributed by atoms with van der Waals surface area (Å²) in [7, 11) is 0. The number of H-pyrrole nitrogens is 1. The Kier molecular flexibility index (Phi) is 3.72. The first kappa shape index (κ1) is 12.3. The van der Waals surface area contributed by atoms with Gasteiger partial charge in [0.2, 0.25) is 5.91 Å². The van der Waals surface area contributed by atoms with Gasteiger partial charge in [-0.2, -0.15) is 5.10 Å². The van der Waals surface area contributed by atoms with Crippen LogP contribution in [0.15, 0.2) is 24.3 Å². The normalized spacial score (nSPS) is 10.3. The van der Waals surface area contributed by atoms with Crippen LogP contribution in [0, 0.1) is 13.8 Å². The molecule has 5 heteroatoms. The van der Waals surface area contributed by atoms with Crippen LogP contribution >= 0.6 is 0 Å². The van der Waals surface area contributed by atoms with Crippen molar-refractivity contribution in [1.82, 2.24) is 20.5 Å². The van der Waals surface area contributed by atoms with Crippen LogP contribution in [0.5, 0.6) is 0 Å². The number of hydrogen-bond donors (Lipinski definition) is 2. The maximum absolute atomic E-state index is 11.7. The third-order valence-corrected chi connectivity index (χ3v) is 2.53. The second kappa shape index (κ2) is 5.44. The van der Waals surface area contributed by atoms with E-state index in [9.17, 15) is 4.79 Å². The molecule has 0 fully saturated rings. The van der Waals surface area contributed by atoms with Crippen LogP contribution < -0.4 is 5.32 Å². The number of benzene rings is 1. The zero-order valence-electron chi connectivity index (χ0n) is 10.5. The van der Waals surface area contributed by atoms with Gasteiger partial charge in [-0.25, -0.2) is 4.98 Å². The average molecular weight is 244 g/mol. The van der Waals surface area contributed by atoms with E-state index in [4.69, 9.17) is 0 Å². The van der Waals surface area contributed by atoms with Crippen molar-refractivity contribution in [2.45, 2.75) is 26.8 Å². The maximum Gasteiger partial charge on any atom is 0.224 e. The third-order valence-electron chi connectivity index (χ3n) is 2.53. The minimum atomic E-state index is -0.0250. The molecule has 1 heterocycles. The van der Waals surface area contributed by atoms with Crippen molar-refractivity contribution in [2.24, 2.45) is 0 Å². The van der Waals surface area contributed by atoms with Crippen molar-refractivity contribution >= 4 is 5.91 Å². The molecule has 2 rings (SSSR count). The van der Waals surface area contributed by atoms with Crippen molar-refractivity contribution in [3.63, 3.8) is 0 Å². The maximum atomic E-state index is 11.7. The number of hydrogen-bond acceptors (Lipinski definition) is 3. The molecule has 0 aliphatic heterocycles. The second-order valence-electron chi connectivity index (χ2n) is 4.28. The van der Waals surface area contributed by atoms with Gasteiger partial charge in [-0.05, 0) is 19.4 Å². The van der Waals surface area contributed by atoms with Gasteiger partial charge in [0.05, 0.1) is 13.0 Å². The molecule has 1 aromatic heterocycles. The summed E-state index contributed by atoms with van der Waals surface area (Å²) < 4.78 is 0. The number of carbonyl (C=O) groups excluding carboxylic acids is 1. The van der Waals surface area contributed by atoms with Crippen LogP contribution in [0.1, 0.15) is 22.8 Å². The summed E-state index contributed by atoms with van der Waals surface area (Å²) in [5, 5.41) is 9.49. The van der Waals surface area contributed by atoms with Crippen molar-refractivity contribution in [3.8, 4) is 0 Å². The predicted octanol–water partition coefficient (Wildman–Crippen LogP) is 1.28. The first-order valence-electron chi connectivity index (χ1n) is 5.83. The molecule has 0 atom stereocenters. The van der Waals surface area contributed by atoms with E-state index in [1.807, 2.05) is 38.1 Å². The number of aromatic amines is 1. The van der Waals surface area contributed by atoms with Gasteiger partial charge < -0.3 is 5.32 Å². The molecule has 5 nitrogen and oxygen atoms in total. The summed E-state index contributed by atoms with van der Waals surface area (Å²) in [6.45, 7) is 4.19. The van der Waals surface area contributed by atoms with Crippen LogP contribution in [0.3, 0.4) is 0 Å². The minimum Gasteiger partial charge on any atom is -0.348 e. The molecule has 0 aliphatic carbocycles. The molecule has 0 bridgehead atoms. The Balaban J connectivity index is 1.85. The monoisotopic (exact) mass is 244 g/mol. The molecule has 18 heavy (non-hydrogen) atoms. The summed E-state index contributed by atoms with van der Waals surface area (Å²) in [6.07, 6.45) is 0.380. The average Bonchev–Trinajstić information content (AvgIpc) is 2.73. The number of aryl methyl sites for hydroxylation is 2. The summed E-state index contributed by atoms with van der Waals surface area (Å²) in [4.78, 5) is 15.8. The molecule has 0 unspecified atom stereocenters. The highest BCUT2D eigenvalue weighted by Crippen LogP contribution is 2.04. The third kappa shape index (κ3) is 3.41. The van der Waals surface area contributed by atoms with Crippen LogP contribution in [0.2, 0.25) is 0 Å². The molecular weight excluding hydrogens is 228 g/mol. The molecule has 94 valence electrons. The smallest absolute Gasteiger partial charge is 0.224 e. The SMILES string of the molecule is Cc1cccc(CC(=O)NCc2n[nH]c(C)n2)c1. The highest BCUT2D eigenvalue weighted by molar-refractivity contribution is 5.78. The zero-order chi connectivity index (χ0) is 13.0. The number of rotatable bonds is 4. The number of amides is 1. The predicted molar refractivity (Wildman–Crippen MR) is 67.8 cm³/mol. The van der Waals surface area contributed by atoms with Crippen molar-refractivity contribution < 1.29 is 4.79 Å². The molecule has 0 aliphatic rings. The van der Waals surface area contributed by atoms with Crippen LogP contribution in [-0.2, 0) is 17.8 Å². The van der Waals surface area contributed by atoms with E-state index in [1.165, 1.54) is 0 Å². The van der Waals surface area contributed by atoms with Gasteiger partial charge >= 0.3 is 0 Å². The van der Waals surface area contributed by atoms with Gasteiger partial charge in [-0.15, -0.1) is 0 Å². The Morgan fingerprint density at radius 2 is 2.22 bits per heavy atom. The lowest BCUT2D eigenvalue weighted by molar-refractivity contribution is -0.120. The fourth-order valence-corrected chi connectivity index (χ4v) is 1.72. The van der Waals surface area contributed by atoms with E-state index in [2.05, 4.69) is 20.5 Å². The van der Waals surface area contributed by atoms with Crippen LogP contribution in [0.25, 0.3) is 0 Å². The highest BCUT2D eigenvalue weighted by atomic mass is 16.1. The van der Waals surface area contributed by atoms with Crippen molar-refractivity contribution in [1.29, 1.82) is 0 Å². The van der Waals surface area contributed by atoms with E-state index >= 15 is 0 Å². The van der Waals surface area contributed by atoms with Gasteiger partial charge in [0, 0.05) is 0 Å². The van der Waals surface area contributed by atoms with E-state index in [-0.39, 0.29) is 5.91 Å². The number of aromatic nitrogens is 3. The Bertz CT molecular complexity index is 547. The quantitative estimate of drug-likeness (QED) is 0.851. The molecule has 1 aromatic carbocycles. The van der Waals surface area contributed by atoms with E-state index < -0.39 is 0 Å². The minimum absolute atomic E-state index is 0.0250. The summed E-state index contributed by atoms with van der Waals surface area (Å²) in [5.41, 5.74) is 2.17. The van der Waals surface area contributed by atoms with E-state index in [0.717, 1.165) is 17.0 Å². The summed E-state index contributed by atoms with van der Waals surface area (Å²) in [5.74, 6) is 1.33. The Morgan fingerprint density at radius 3 is 2.89 bits per heavy atom. The molecule has 0 spiro atoms. The molecule has 0 saturated carbocycles. The lowest BCUT2D eigenvalue weighted by Crippen LogP contribution is -2.25. The fourth-order valence-electron chi connectivity index (χ4n) is 1.72. The summed E-state index contributed by atoms with van der Waals surface area (Å²) in [6, 6.07) is 7.93. The largest absolute Gasteiger partial charge is 0.348 e. The van der Waals surface area contributed by atoms with Gasteiger partial charge in [0.15, 0.2) is 5.82 Å². The molecular formula is C13H16N4O. The number of carbonyl (C=O) groups is 1. The fraction of sp³-hybridized carbons (Fsp3) is 0.308. The Labute approximate surface area is 106 Å². The zero-order valence-corrected chi connectivity index (χ0v) is 10.5. The van der Waals surface area contributed by atoms with E-state index in [1.54, 1.807) is 0 Å². The van der Waals surface area contributed by atoms with Crippen LogP contribution in [-0.4, -0.2) is 21.1 Å². The summed E-state index contributed by atoms with van der Waals surface area (Å²) >= 11 is 0. The van der Waals surface area contributed by atoms with E-state index in [0.29, 0.717) is 18.8 Å². The number of nitrogens with one attached hydrogen (secondary N) is 2. The topological polar surface area (TPSA) is 70.7 Å². The molecule has 2 aromatic rings. The van der Waals surface area contributed by atoms with Gasteiger partial charge in [-0.3, -0.25) is 9.89 Å².